The van der Waals surface area contributed by atoms with Gasteiger partial charge in [0.15, 0.2) is 0 Å². The minimum Gasteiger partial charge on any atom is -0.545 e. The largest absolute Gasteiger partial charge is 2.00 e. The molecule has 86 valence electrons. The van der Waals surface area contributed by atoms with Gasteiger partial charge < -0.3 is 29.6 Å². The number of aliphatic hydroxyl groups is 1. The first-order valence-electron chi connectivity index (χ1n) is 4.28. The number of carboxylic acids is 2. The second kappa shape index (κ2) is 7.04. The molecule has 2 atom stereocenters. The maximum absolute atomic E-state index is 10.5. The average Bonchev–Trinajstić information content (AvgIpc) is 2.20. The van der Waals surface area contributed by atoms with Gasteiger partial charge in [-0.1, -0.05) is 18.7 Å². The second-order valence-electron chi connectivity index (χ2n) is 3.05. The molecule has 6 nitrogen and oxygen atoms in total. The van der Waals surface area contributed by atoms with Crippen molar-refractivity contribution in [3.05, 3.63) is 36.1 Å². The topological polar surface area (TPSA) is 110 Å². The second-order valence-corrected chi connectivity index (χ2v) is 3.05. The third-order valence-corrected chi connectivity index (χ3v) is 1.90. The van der Waals surface area contributed by atoms with Crippen LogP contribution < -0.4 is 10.2 Å². The summed E-state index contributed by atoms with van der Waals surface area (Å²) in [5.74, 6) is -3.77. The van der Waals surface area contributed by atoms with Gasteiger partial charge in [0.2, 0.25) is 0 Å². The summed E-state index contributed by atoms with van der Waals surface area (Å²) in [6, 6.07) is 0. The Balaban J connectivity index is 0.00000256. The van der Waals surface area contributed by atoms with E-state index in [1.165, 1.54) is 0 Å². The van der Waals surface area contributed by atoms with E-state index in [-0.39, 0.29) is 54.5 Å². The molecule has 0 spiro atoms. The Labute approximate surface area is 137 Å². The average molecular weight is 361 g/mol. The molecule has 0 aliphatic heterocycles. The number of carbonyl (C=O) groups excluding carboxylic acids is 2. The molecule has 0 amide bonds. The van der Waals surface area contributed by atoms with Gasteiger partial charge in [0.25, 0.3) is 0 Å². The monoisotopic (exact) mass is 362 g/mol. The molecule has 0 aromatic carbocycles. The van der Waals surface area contributed by atoms with E-state index in [1.54, 1.807) is 0 Å². The number of ether oxygens (including phenoxy) is 1. The molecule has 17 heavy (non-hydrogen) atoms. The van der Waals surface area contributed by atoms with E-state index in [0.29, 0.717) is 0 Å². The number of rotatable bonds is 4. The van der Waals surface area contributed by atoms with Crippen molar-refractivity contribution in [2.75, 3.05) is 0 Å². The van der Waals surface area contributed by atoms with E-state index in [9.17, 15) is 24.9 Å². The Morgan fingerprint density at radius 2 is 2.00 bits per heavy atom. The molecule has 7 heteroatoms. The molecule has 1 N–H and O–H groups in total. The fourth-order valence-electron chi connectivity index (χ4n) is 1.10. The SMILES string of the molecule is C=C(O[C@H]1C=C(C(=O)[O-])C=C[C@@H]1O)C(=O)[O-].[Ba+2]. The molecule has 0 saturated carbocycles. The molecule has 0 heterocycles. The van der Waals surface area contributed by atoms with Crippen LogP contribution in [0.25, 0.3) is 0 Å². The summed E-state index contributed by atoms with van der Waals surface area (Å²) in [5.41, 5.74) is -0.207. The van der Waals surface area contributed by atoms with Crippen molar-refractivity contribution in [1.82, 2.24) is 0 Å². The molecular formula is C10H8BaO6. The molecule has 0 bridgehead atoms. The molecule has 1 aliphatic rings. The van der Waals surface area contributed by atoms with Crippen LogP contribution in [0.3, 0.4) is 0 Å². The van der Waals surface area contributed by atoms with Crippen molar-refractivity contribution in [2.24, 2.45) is 0 Å². The van der Waals surface area contributed by atoms with Gasteiger partial charge in [-0.2, -0.15) is 0 Å². The smallest absolute Gasteiger partial charge is 0.545 e. The van der Waals surface area contributed by atoms with Crippen LogP contribution in [0.1, 0.15) is 0 Å². The Morgan fingerprint density at radius 1 is 1.41 bits per heavy atom. The number of aliphatic carboxylic acids is 2. The molecule has 0 aromatic heterocycles. The Kier molecular flexibility index (Phi) is 6.83. The van der Waals surface area contributed by atoms with Crippen molar-refractivity contribution in [3.8, 4) is 0 Å². The van der Waals surface area contributed by atoms with Gasteiger partial charge in [-0.05, 0) is 11.6 Å². The van der Waals surface area contributed by atoms with Gasteiger partial charge in [-0.25, -0.2) is 0 Å². The maximum Gasteiger partial charge on any atom is 2.00 e. The van der Waals surface area contributed by atoms with E-state index in [0.717, 1.165) is 18.2 Å². The van der Waals surface area contributed by atoms with Gasteiger partial charge >= 0.3 is 48.9 Å². The zero-order chi connectivity index (χ0) is 12.3. The van der Waals surface area contributed by atoms with Crippen LogP contribution in [0, 0.1) is 0 Å². The summed E-state index contributed by atoms with van der Waals surface area (Å²) < 4.78 is 4.72. The molecule has 0 aromatic rings. The first-order chi connectivity index (χ1) is 7.41. The van der Waals surface area contributed by atoms with Crippen molar-refractivity contribution >= 4 is 60.8 Å². The Bertz CT molecular complexity index is 398. The van der Waals surface area contributed by atoms with Gasteiger partial charge in [0, 0.05) is 0 Å². The van der Waals surface area contributed by atoms with Crippen LogP contribution in [0.4, 0.5) is 0 Å². The number of aliphatic hydroxyl groups excluding tert-OH is 1. The summed E-state index contributed by atoms with van der Waals surface area (Å²) in [6.45, 7) is 3.04. The van der Waals surface area contributed by atoms with Crippen LogP contribution in [0.5, 0.6) is 0 Å². The van der Waals surface area contributed by atoms with E-state index in [4.69, 9.17) is 4.74 Å². The van der Waals surface area contributed by atoms with E-state index in [1.807, 2.05) is 0 Å². The van der Waals surface area contributed by atoms with Crippen molar-refractivity contribution in [1.29, 1.82) is 0 Å². The number of hydrogen-bond acceptors (Lipinski definition) is 6. The minimum absolute atomic E-state index is 0. The van der Waals surface area contributed by atoms with Gasteiger partial charge in [0.05, 0.1) is 5.97 Å². The number of hydrogen-bond donors (Lipinski definition) is 1. The predicted octanol–water partition coefficient (Wildman–Crippen LogP) is -3.14. The molecule has 1 rings (SSSR count). The summed E-state index contributed by atoms with van der Waals surface area (Å²) in [5, 5.41) is 30.2. The van der Waals surface area contributed by atoms with E-state index in [2.05, 4.69) is 6.58 Å². The first kappa shape index (κ1) is 16.5. The van der Waals surface area contributed by atoms with E-state index < -0.39 is 29.9 Å². The van der Waals surface area contributed by atoms with Crippen LogP contribution >= 0.6 is 0 Å². The Hall–Kier alpha value is -0.509. The fraction of sp³-hybridized carbons (Fsp3) is 0.200. The van der Waals surface area contributed by atoms with Gasteiger partial charge in [0.1, 0.15) is 23.9 Å². The van der Waals surface area contributed by atoms with Gasteiger partial charge in [-0.15, -0.1) is 0 Å². The van der Waals surface area contributed by atoms with Crippen molar-refractivity contribution < 1.29 is 29.6 Å². The molecule has 1 aliphatic carbocycles. The Morgan fingerprint density at radius 3 is 2.47 bits per heavy atom. The van der Waals surface area contributed by atoms with Crippen molar-refractivity contribution in [2.45, 2.75) is 12.2 Å². The van der Waals surface area contributed by atoms with E-state index >= 15 is 0 Å². The van der Waals surface area contributed by atoms with Crippen LogP contribution in [0.2, 0.25) is 0 Å². The molecule has 0 unspecified atom stereocenters. The third-order valence-electron chi connectivity index (χ3n) is 1.90. The quantitative estimate of drug-likeness (QED) is 0.322. The van der Waals surface area contributed by atoms with Crippen molar-refractivity contribution in [3.63, 3.8) is 0 Å². The first-order valence-corrected chi connectivity index (χ1v) is 4.28. The summed E-state index contributed by atoms with van der Waals surface area (Å²) in [4.78, 5) is 20.8. The molecular weight excluding hydrogens is 353 g/mol. The third kappa shape index (κ3) is 4.70. The standard InChI is InChI=1S/C10H10O6.Ba/c1-5(9(12)13)16-8-4-6(10(14)15)2-3-7(8)11;/h2-4,7-8,11H,1H2,(H,12,13)(H,14,15);/q;+2/p-2/t7-,8-;/m0./s1. The predicted molar refractivity (Wildman–Crippen MR) is 53.0 cm³/mol. The van der Waals surface area contributed by atoms with Gasteiger partial charge in [-0.3, -0.25) is 0 Å². The van der Waals surface area contributed by atoms with Crippen LogP contribution in [0.15, 0.2) is 36.1 Å². The minimum atomic E-state index is -1.63. The molecule has 0 saturated heterocycles. The fourth-order valence-corrected chi connectivity index (χ4v) is 1.10. The molecule has 0 radical (unpaired) electrons. The zero-order valence-corrected chi connectivity index (χ0v) is 13.2. The van der Waals surface area contributed by atoms with Crippen LogP contribution in [-0.2, 0) is 14.3 Å². The zero-order valence-electron chi connectivity index (χ0n) is 8.79. The summed E-state index contributed by atoms with van der Waals surface area (Å²) in [6.07, 6.45) is 1.04. The normalized spacial score (nSPS) is 22.1. The summed E-state index contributed by atoms with van der Waals surface area (Å²) >= 11 is 0. The maximum atomic E-state index is 10.5. The van der Waals surface area contributed by atoms with Crippen LogP contribution in [-0.4, -0.2) is 78.1 Å². The molecule has 0 fully saturated rings. The number of carboxylic acid groups (broad SMARTS) is 2. The number of carbonyl (C=O) groups is 2. The summed E-state index contributed by atoms with van der Waals surface area (Å²) in [7, 11) is 0.